The van der Waals surface area contributed by atoms with Gasteiger partial charge in [-0.25, -0.2) is 0 Å². The molecule has 0 aliphatic rings. The van der Waals surface area contributed by atoms with E-state index >= 15 is 0 Å². The molecule has 102 valence electrons. The number of hydrogen-bond donors (Lipinski definition) is 2. The average Bonchev–Trinajstić information content (AvgIpc) is 2.39. The van der Waals surface area contributed by atoms with Crippen LogP contribution in [-0.2, 0) is 5.41 Å². The normalized spacial score (nSPS) is 11.5. The van der Waals surface area contributed by atoms with Gasteiger partial charge in [0.25, 0.3) is 0 Å². The van der Waals surface area contributed by atoms with Crippen LogP contribution in [0.2, 0.25) is 0 Å². The summed E-state index contributed by atoms with van der Waals surface area (Å²) >= 11 is 0. The van der Waals surface area contributed by atoms with E-state index in [0.717, 1.165) is 0 Å². The van der Waals surface area contributed by atoms with Crippen molar-refractivity contribution in [3.8, 4) is 11.8 Å². The molecule has 0 amide bonds. The Kier molecular flexibility index (Phi) is 4.90. The Morgan fingerprint density at radius 3 is 2.79 bits per heavy atom. The van der Waals surface area contributed by atoms with Gasteiger partial charge >= 0.3 is 0 Å². The van der Waals surface area contributed by atoms with Gasteiger partial charge in [0.05, 0.1) is 24.3 Å². The molecule has 1 heterocycles. The van der Waals surface area contributed by atoms with Crippen molar-refractivity contribution in [1.29, 1.82) is 10.7 Å². The lowest BCUT2D eigenvalue weighted by atomic mass is 9.86. The monoisotopic (exact) mass is 261 g/mol. The lowest BCUT2D eigenvalue weighted by Gasteiger charge is -2.21. The maximum atomic E-state index is 9.22. The van der Waals surface area contributed by atoms with Gasteiger partial charge in [0.1, 0.15) is 17.8 Å². The highest BCUT2D eigenvalue weighted by Crippen LogP contribution is 2.29. The number of nitrogens with zero attached hydrogens (tertiary/aromatic N) is 2. The minimum Gasteiger partial charge on any atom is -0.489 e. The number of allylic oxidation sites excluding steroid dienone is 1. The number of rotatable bonds is 5. The Morgan fingerprint density at radius 1 is 1.58 bits per heavy atom. The first kappa shape index (κ1) is 15.0. The highest BCUT2D eigenvalue weighted by Gasteiger charge is 2.25. The molecule has 0 saturated heterocycles. The number of nitriles is 1. The summed E-state index contributed by atoms with van der Waals surface area (Å²) in [5.74, 6) is 0.509. The van der Waals surface area contributed by atoms with Crippen LogP contribution in [0, 0.1) is 16.7 Å². The number of nitrogens with one attached hydrogen (secondary N) is 1. The van der Waals surface area contributed by atoms with Crippen molar-refractivity contribution in [2.75, 3.05) is 13.2 Å². The molecular weight excluding hydrogens is 242 g/mol. The van der Waals surface area contributed by atoms with Crippen molar-refractivity contribution in [2.45, 2.75) is 26.2 Å². The quantitative estimate of drug-likeness (QED) is 0.845. The molecule has 1 aromatic heterocycles. The molecule has 19 heavy (non-hydrogen) atoms. The second kappa shape index (κ2) is 6.21. The maximum absolute atomic E-state index is 9.22. The van der Waals surface area contributed by atoms with Crippen molar-refractivity contribution in [2.24, 2.45) is 0 Å². The average molecular weight is 261 g/mol. The SMILES string of the molecule is C/C=C\n1cc(OCCO)c(C(C)(C)C#N)cc1=N. The largest absolute Gasteiger partial charge is 0.489 e. The molecule has 0 radical (unpaired) electrons. The molecule has 0 aliphatic carbocycles. The topological polar surface area (TPSA) is 82.0 Å². The molecule has 2 N–H and O–H groups in total. The number of ether oxygens (including phenoxy) is 1. The fraction of sp³-hybridized carbons (Fsp3) is 0.429. The molecule has 0 saturated carbocycles. The van der Waals surface area contributed by atoms with Crippen LogP contribution >= 0.6 is 0 Å². The Labute approximate surface area is 112 Å². The summed E-state index contributed by atoms with van der Waals surface area (Å²) in [5, 5.41) is 26.0. The number of hydrogen-bond acceptors (Lipinski definition) is 4. The highest BCUT2D eigenvalue weighted by atomic mass is 16.5. The van der Waals surface area contributed by atoms with Gasteiger partial charge in [-0.2, -0.15) is 5.26 Å². The number of aliphatic hydroxyl groups is 1. The second-order valence-electron chi connectivity index (χ2n) is 4.64. The zero-order valence-corrected chi connectivity index (χ0v) is 11.5. The standard InChI is InChI=1S/C14H19N3O2/c1-4-5-17-9-12(19-7-6-18)11(8-13(17)16)14(2,3)10-15/h4-5,8-9,16,18H,6-7H2,1-3H3/b5-4-,16-13?. The molecular formula is C14H19N3O2. The lowest BCUT2D eigenvalue weighted by molar-refractivity contribution is 0.198. The molecule has 0 fully saturated rings. The first-order valence-corrected chi connectivity index (χ1v) is 6.05. The molecule has 1 rings (SSSR count). The Bertz CT molecular complexity index is 565. The summed E-state index contributed by atoms with van der Waals surface area (Å²) < 4.78 is 7.08. The summed E-state index contributed by atoms with van der Waals surface area (Å²) in [6, 6.07) is 3.82. The highest BCUT2D eigenvalue weighted by molar-refractivity contribution is 5.42. The van der Waals surface area contributed by atoms with Crippen LogP contribution in [0.1, 0.15) is 26.3 Å². The van der Waals surface area contributed by atoms with Crippen LogP contribution in [0.3, 0.4) is 0 Å². The number of aliphatic hydroxyl groups excluding tert-OH is 1. The van der Waals surface area contributed by atoms with E-state index in [1.807, 2.05) is 13.0 Å². The fourth-order valence-corrected chi connectivity index (χ4v) is 1.65. The van der Waals surface area contributed by atoms with E-state index in [2.05, 4.69) is 6.07 Å². The van der Waals surface area contributed by atoms with E-state index in [1.54, 1.807) is 36.9 Å². The van der Waals surface area contributed by atoms with Crippen LogP contribution in [0.5, 0.6) is 5.75 Å². The van der Waals surface area contributed by atoms with E-state index in [4.69, 9.17) is 15.3 Å². The van der Waals surface area contributed by atoms with Gasteiger partial charge in [-0.1, -0.05) is 6.08 Å². The molecule has 0 unspecified atom stereocenters. The van der Waals surface area contributed by atoms with Gasteiger partial charge in [0, 0.05) is 11.8 Å². The minimum atomic E-state index is -0.754. The Hall–Kier alpha value is -2.06. The molecule has 0 bridgehead atoms. The van der Waals surface area contributed by atoms with Crippen LogP contribution in [0.15, 0.2) is 18.3 Å². The zero-order chi connectivity index (χ0) is 14.5. The molecule has 1 aromatic rings. The van der Waals surface area contributed by atoms with Gasteiger partial charge in [-0.15, -0.1) is 0 Å². The third-order valence-electron chi connectivity index (χ3n) is 2.69. The number of aromatic nitrogens is 1. The van der Waals surface area contributed by atoms with Crippen molar-refractivity contribution in [3.05, 3.63) is 29.4 Å². The molecule has 5 heteroatoms. The first-order valence-electron chi connectivity index (χ1n) is 6.05. The molecule has 0 spiro atoms. The minimum absolute atomic E-state index is 0.0985. The van der Waals surface area contributed by atoms with Gasteiger partial charge < -0.3 is 14.4 Å². The van der Waals surface area contributed by atoms with Crippen LogP contribution in [-0.4, -0.2) is 22.9 Å². The summed E-state index contributed by atoms with van der Waals surface area (Å²) in [6.07, 6.45) is 5.20. The maximum Gasteiger partial charge on any atom is 0.140 e. The summed E-state index contributed by atoms with van der Waals surface area (Å²) in [6.45, 7) is 5.45. The second-order valence-corrected chi connectivity index (χ2v) is 4.64. The molecule has 5 nitrogen and oxygen atoms in total. The van der Waals surface area contributed by atoms with E-state index in [0.29, 0.717) is 11.3 Å². The van der Waals surface area contributed by atoms with Crippen molar-refractivity contribution in [1.82, 2.24) is 4.57 Å². The van der Waals surface area contributed by atoms with Gasteiger partial charge in [-0.05, 0) is 26.8 Å². The summed E-state index contributed by atoms with van der Waals surface area (Å²) in [5.41, 5.74) is 0.164. The van der Waals surface area contributed by atoms with Crippen LogP contribution < -0.4 is 10.2 Å². The zero-order valence-electron chi connectivity index (χ0n) is 11.5. The van der Waals surface area contributed by atoms with Gasteiger partial charge in [0.2, 0.25) is 0 Å². The van der Waals surface area contributed by atoms with E-state index in [1.165, 1.54) is 0 Å². The van der Waals surface area contributed by atoms with Crippen LogP contribution in [0.4, 0.5) is 0 Å². The van der Waals surface area contributed by atoms with Crippen molar-refractivity contribution in [3.63, 3.8) is 0 Å². The lowest BCUT2D eigenvalue weighted by Crippen LogP contribution is -2.23. The first-order chi connectivity index (χ1) is 8.96. The van der Waals surface area contributed by atoms with E-state index < -0.39 is 5.41 Å². The third kappa shape index (κ3) is 3.46. The number of pyridine rings is 1. The van der Waals surface area contributed by atoms with E-state index in [9.17, 15) is 5.26 Å². The van der Waals surface area contributed by atoms with Gasteiger partial charge in [0.15, 0.2) is 0 Å². The summed E-state index contributed by atoms with van der Waals surface area (Å²) in [4.78, 5) is 0. The van der Waals surface area contributed by atoms with Crippen LogP contribution in [0.25, 0.3) is 6.20 Å². The van der Waals surface area contributed by atoms with Crippen molar-refractivity contribution >= 4 is 6.20 Å². The van der Waals surface area contributed by atoms with Crippen molar-refractivity contribution < 1.29 is 9.84 Å². The Balaban J connectivity index is 3.41. The van der Waals surface area contributed by atoms with E-state index in [-0.39, 0.29) is 18.7 Å². The third-order valence-corrected chi connectivity index (χ3v) is 2.69. The molecule has 0 aliphatic heterocycles. The molecule has 0 aromatic carbocycles. The Morgan fingerprint density at radius 2 is 2.26 bits per heavy atom. The predicted octanol–water partition coefficient (Wildman–Crippen LogP) is 1.63. The predicted molar refractivity (Wildman–Crippen MR) is 72.5 cm³/mol. The summed E-state index contributed by atoms with van der Waals surface area (Å²) in [7, 11) is 0. The smallest absolute Gasteiger partial charge is 0.140 e. The fourth-order valence-electron chi connectivity index (χ4n) is 1.65. The van der Waals surface area contributed by atoms with Gasteiger partial charge in [-0.3, -0.25) is 5.41 Å². The molecule has 0 atom stereocenters.